The lowest BCUT2D eigenvalue weighted by atomic mass is 9.91. The Morgan fingerprint density at radius 3 is 2.67 bits per heavy atom. The molecule has 5 heteroatoms. The number of carbonyl (C=O) groups is 1. The predicted octanol–water partition coefficient (Wildman–Crippen LogP) is 2.36. The zero-order chi connectivity index (χ0) is 14.6. The first-order valence-corrected chi connectivity index (χ1v) is 7.37. The van der Waals surface area contributed by atoms with E-state index < -0.39 is 6.10 Å². The molecule has 118 valence electrons. The third kappa shape index (κ3) is 3.76. The number of fused-ring (bicyclic) bond motifs is 1. The van der Waals surface area contributed by atoms with Crippen LogP contribution >= 0.6 is 12.4 Å². The maximum atomic E-state index is 12.6. The van der Waals surface area contributed by atoms with Crippen molar-refractivity contribution < 1.29 is 9.53 Å². The fourth-order valence-corrected chi connectivity index (χ4v) is 2.70. The number of halogens is 1. The summed E-state index contributed by atoms with van der Waals surface area (Å²) in [5.41, 5.74) is 7.70. The molecular formula is C16H25ClN2O2. The summed E-state index contributed by atoms with van der Waals surface area (Å²) in [6.45, 7) is 5.13. The highest BCUT2D eigenvalue weighted by Gasteiger charge is 2.33. The van der Waals surface area contributed by atoms with Crippen molar-refractivity contribution in [2.45, 2.75) is 44.8 Å². The molecule has 0 saturated carbocycles. The van der Waals surface area contributed by atoms with Gasteiger partial charge in [0.15, 0.2) is 6.10 Å². The number of amides is 1. The first kappa shape index (κ1) is 18.0. The van der Waals surface area contributed by atoms with E-state index in [-0.39, 0.29) is 23.9 Å². The van der Waals surface area contributed by atoms with Crippen molar-refractivity contribution in [3.63, 3.8) is 0 Å². The summed E-state index contributed by atoms with van der Waals surface area (Å²) < 4.78 is 5.69. The van der Waals surface area contributed by atoms with Gasteiger partial charge in [0, 0.05) is 6.54 Å². The smallest absolute Gasteiger partial charge is 0.254 e. The second kappa shape index (κ2) is 7.78. The van der Waals surface area contributed by atoms with Crippen LogP contribution in [0.1, 0.15) is 43.9 Å². The number of hydrogen-bond acceptors (Lipinski definition) is 3. The van der Waals surface area contributed by atoms with E-state index in [2.05, 4.69) is 11.4 Å². The van der Waals surface area contributed by atoms with Crippen molar-refractivity contribution in [2.24, 2.45) is 5.73 Å². The van der Waals surface area contributed by atoms with Crippen molar-refractivity contribution in [1.82, 2.24) is 5.32 Å². The van der Waals surface area contributed by atoms with Crippen LogP contribution in [0, 0.1) is 0 Å². The molecule has 4 nitrogen and oxygen atoms in total. The fraction of sp³-hybridized carbons (Fsp3) is 0.562. The minimum Gasteiger partial charge on any atom is -0.363 e. The van der Waals surface area contributed by atoms with Gasteiger partial charge in [0.25, 0.3) is 5.91 Å². The highest BCUT2D eigenvalue weighted by atomic mass is 35.5. The second-order valence-electron chi connectivity index (χ2n) is 5.38. The van der Waals surface area contributed by atoms with Crippen LogP contribution in [-0.4, -0.2) is 24.6 Å². The first-order valence-electron chi connectivity index (χ1n) is 7.37. The molecule has 1 aromatic rings. The molecule has 0 saturated heterocycles. The standard InChI is InChI=1S/C16H24N2O2.ClH/c1-3-16(4-2,11-17)18-15(19)14-13-8-6-5-7-12(13)9-10-20-14;/h5-8,14H,3-4,9-11,17H2,1-2H3,(H,18,19);1H. The number of benzene rings is 1. The summed E-state index contributed by atoms with van der Waals surface area (Å²) in [5, 5.41) is 3.10. The lowest BCUT2D eigenvalue weighted by molar-refractivity contribution is -0.136. The molecule has 1 atom stereocenters. The fourth-order valence-electron chi connectivity index (χ4n) is 2.70. The topological polar surface area (TPSA) is 64.3 Å². The first-order chi connectivity index (χ1) is 9.65. The maximum absolute atomic E-state index is 12.6. The van der Waals surface area contributed by atoms with E-state index in [0.717, 1.165) is 24.8 Å². The zero-order valence-corrected chi connectivity index (χ0v) is 13.5. The van der Waals surface area contributed by atoms with Crippen LogP contribution in [0.2, 0.25) is 0 Å². The summed E-state index contributed by atoms with van der Waals surface area (Å²) in [6.07, 6.45) is 1.99. The highest BCUT2D eigenvalue weighted by molar-refractivity contribution is 5.85. The van der Waals surface area contributed by atoms with Gasteiger partial charge in [-0.05, 0) is 30.4 Å². The molecule has 2 rings (SSSR count). The second-order valence-corrected chi connectivity index (χ2v) is 5.38. The Hall–Kier alpha value is -1.10. The molecule has 1 aliphatic heterocycles. The van der Waals surface area contributed by atoms with E-state index in [9.17, 15) is 4.79 Å². The monoisotopic (exact) mass is 312 g/mol. The van der Waals surface area contributed by atoms with E-state index in [1.54, 1.807) is 0 Å². The molecule has 0 radical (unpaired) electrons. The van der Waals surface area contributed by atoms with Gasteiger partial charge in [0.2, 0.25) is 0 Å². The van der Waals surface area contributed by atoms with Crippen LogP contribution in [0.15, 0.2) is 24.3 Å². The van der Waals surface area contributed by atoms with Crippen LogP contribution in [0.3, 0.4) is 0 Å². The molecule has 0 spiro atoms. The maximum Gasteiger partial charge on any atom is 0.254 e. The molecule has 0 aliphatic carbocycles. The molecule has 3 N–H and O–H groups in total. The Kier molecular flexibility index (Phi) is 6.65. The van der Waals surface area contributed by atoms with Gasteiger partial charge in [-0.25, -0.2) is 0 Å². The molecule has 1 unspecified atom stereocenters. The summed E-state index contributed by atoms with van der Waals surface area (Å²) in [4.78, 5) is 12.6. The van der Waals surface area contributed by atoms with Gasteiger partial charge in [0.1, 0.15) is 0 Å². The van der Waals surface area contributed by atoms with Gasteiger partial charge in [-0.1, -0.05) is 38.1 Å². The Morgan fingerprint density at radius 2 is 2.05 bits per heavy atom. The lowest BCUT2D eigenvalue weighted by Gasteiger charge is -2.34. The quantitative estimate of drug-likeness (QED) is 0.877. The molecule has 0 fully saturated rings. The van der Waals surface area contributed by atoms with E-state index in [4.69, 9.17) is 10.5 Å². The van der Waals surface area contributed by atoms with Crippen molar-refractivity contribution in [3.05, 3.63) is 35.4 Å². The number of hydrogen-bond donors (Lipinski definition) is 2. The lowest BCUT2D eigenvalue weighted by Crippen LogP contribution is -2.54. The SMILES string of the molecule is CCC(CC)(CN)NC(=O)C1OCCc2ccccc21.Cl. The minimum atomic E-state index is -0.510. The van der Waals surface area contributed by atoms with Gasteiger partial charge >= 0.3 is 0 Å². The Bertz CT molecular complexity index is 467. The van der Waals surface area contributed by atoms with Crippen molar-refractivity contribution >= 4 is 18.3 Å². The average molecular weight is 313 g/mol. The van der Waals surface area contributed by atoms with Crippen LogP contribution in [-0.2, 0) is 16.0 Å². The van der Waals surface area contributed by atoms with Crippen molar-refractivity contribution in [1.29, 1.82) is 0 Å². The summed E-state index contributed by atoms with van der Waals surface area (Å²) in [5.74, 6) is -0.0775. The van der Waals surface area contributed by atoms with Gasteiger partial charge in [0.05, 0.1) is 12.1 Å². The van der Waals surface area contributed by atoms with Gasteiger partial charge in [-0.3, -0.25) is 4.79 Å². The highest BCUT2D eigenvalue weighted by Crippen LogP contribution is 2.28. The van der Waals surface area contributed by atoms with E-state index >= 15 is 0 Å². The van der Waals surface area contributed by atoms with Crippen LogP contribution in [0.4, 0.5) is 0 Å². The molecule has 1 amide bonds. The normalized spacial score (nSPS) is 17.6. The Morgan fingerprint density at radius 1 is 1.38 bits per heavy atom. The third-order valence-corrected chi connectivity index (χ3v) is 4.36. The van der Waals surface area contributed by atoms with E-state index in [0.29, 0.717) is 13.2 Å². The molecular weight excluding hydrogens is 288 g/mol. The summed E-state index contributed by atoms with van der Waals surface area (Å²) in [7, 11) is 0. The average Bonchev–Trinajstić information content (AvgIpc) is 2.52. The Labute approximate surface area is 132 Å². The van der Waals surface area contributed by atoms with Gasteiger partial charge in [-0.15, -0.1) is 12.4 Å². The predicted molar refractivity (Wildman–Crippen MR) is 86.6 cm³/mol. The van der Waals surface area contributed by atoms with Gasteiger partial charge < -0.3 is 15.8 Å². The molecule has 0 aromatic heterocycles. The largest absolute Gasteiger partial charge is 0.363 e. The van der Waals surface area contributed by atoms with E-state index in [1.807, 2.05) is 32.0 Å². The Balaban J connectivity index is 0.00000220. The number of nitrogens with one attached hydrogen (secondary N) is 1. The third-order valence-electron chi connectivity index (χ3n) is 4.36. The molecule has 1 heterocycles. The molecule has 21 heavy (non-hydrogen) atoms. The van der Waals surface area contributed by atoms with Crippen molar-refractivity contribution in [3.8, 4) is 0 Å². The zero-order valence-electron chi connectivity index (χ0n) is 12.7. The number of rotatable bonds is 5. The number of nitrogens with two attached hydrogens (primary N) is 1. The molecule has 1 aliphatic rings. The minimum absolute atomic E-state index is 0. The summed E-state index contributed by atoms with van der Waals surface area (Å²) in [6, 6.07) is 7.99. The number of carbonyl (C=O) groups excluding carboxylic acids is 1. The van der Waals surface area contributed by atoms with E-state index in [1.165, 1.54) is 5.56 Å². The van der Waals surface area contributed by atoms with Gasteiger partial charge in [-0.2, -0.15) is 0 Å². The molecule has 0 bridgehead atoms. The summed E-state index contributed by atoms with van der Waals surface area (Å²) >= 11 is 0. The molecule has 1 aromatic carbocycles. The van der Waals surface area contributed by atoms with Crippen LogP contribution in [0.25, 0.3) is 0 Å². The van der Waals surface area contributed by atoms with Crippen LogP contribution < -0.4 is 11.1 Å². The van der Waals surface area contributed by atoms with Crippen molar-refractivity contribution in [2.75, 3.05) is 13.2 Å². The number of ether oxygens (including phenoxy) is 1. The van der Waals surface area contributed by atoms with Crippen LogP contribution in [0.5, 0.6) is 0 Å².